The van der Waals surface area contributed by atoms with E-state index in [0.717, 1.165) is 34.5 Å². The Bertz CT molecular complexity index is 1430. The van der Waals surface area contributed by atoms with E-state index in [0.29, 0.717) is 45.0 Å². The molecule has 0 bridgehead atoms. The second-order valence-corrected chi connectivity index (χ2v) is 10.4. The molecule has 3 heterocycles. The molecule has 0 atom stereocenters. The van der Waals surface area contributed by atoms with E-state index < -0.39 is 10.0 Å². The van der Waals surface area contributed by atoms with Gasteiger partial charge in [-0.3, -0.25) is 0 Å². The molecule has 0 fully saturated rings. The molecule has 186 valence electrons. The Kier molecular flexibility index (Phi) is 7.29. The molecule has 2 aromatic carbocycles. The first kappa shape index (κ1) is 24.0. The lowest BCUT2D eigenvalue weighted by Gasteiger charge is -2.24. The molecule has 0 aliphatic carbocycles. The molecule has 0 saturated carbocycles. The normalized spacial score (nSPS) is 13.6. The molecule has 36 heavy (non-hydrogen) atoms. The molecule has 1 aliphatic rings. The Morgan fingerprint density at radius 3 is 2.64 bits per heavy atom. The highest BCUT2D eigenvalue weighted by atomic mass is 32.2. The highest BCUT2D eigenvalue weighted by Crippen LogP contribution is 2.31. The van der Waals surface area contributed by atoms with Gasteiger partial charge in [0.15, 0.2) is 0 Å². The number of para-hydroxylation sites is 2. The van der Waals surface area contributed by atoms with Crippen LogP contribution in [0.1, 0.15) is 18.4 Å². The maximum Gasteiger partial charge on any atom is 0.244 e. The Hall–Kier alpha value is -3.69. The zero-order chi connectivity index (χ0) is 24.8. The third kappa shape index (κ3) is 5.58. The fraction of sp³-hybridized carbons (Fsp3) is 0.259. The molecule has 9 heteroatoms. The summed E-state index contributed by atoms with van der Waals surface area (Å²) in [4.78, 5) is 11.2. The summed E-state index contributed by atoms with van der Waals surface area (Å²) in [5.41, 5.74) is 1.76. The summed E-state index contributed by atoms with van der Waals surface area (Å²) in [6, 6.07) is 22.8. The standard InChI is InChI=1S/C27H29N5O3S/c33-36(34,30-16-8-7-15-29-26-13-5-6-14-28-26)25-19-21-9-1-3-11-23(21)31-27(25)32-17-18-35-24-12-4-2-10-22(24)20-32/h1-6,9-14,19,30H,7-8,15-18,20H2,(H,28,29). The van der Waals surface area contributed by atoms with Gasteiger partial charge >= 0.3 is 0 Å². The maximum atomic E-state index is 13.5. The fourth-order valence-electron chi connectivity index (χ4n) is 4.24. The molecule has 8 nitrogen and oxygen atoms in total. The van der Waals surface area contributed by atoms with Gasteiger partial charge in [0.1, 0.15) is 28.9 Å². The average Bonchev–Trinajstić information content (AvgIpc) is 3.13. The number of hydrogen-bond acceptors (Lipinski definition) is 7. The van der Waals surface area contributed by atoms with E-state index in [1.807, 2.05) is 71.6 Å². The predicted molar refractivity (Wildman–Crippen MR) is 142 cm³/mol. The van der Waals surface area contributed by atoms with E-state index in [1.54, 1.807) is 12.3 Å². The molecule has 0 spiro atoms. The van der Waals surface area contributed by atoms with Crippen molar-refractivity contribution >= 4 is 32.6 Å². The lowest BCUT2D eigenvalue weighted by molar-refractivity contribution is 0.331. The summed E-state index contributed by atoms with van der Waals surface area (Å²) >= 11 is 0. The SMILES string of the molecule is O=S(=O)(NCCCCNc1ccccn1)c1cc2ccccc2nc1N1CCOc2ccccc2C1. The number of anilines is 2. The van der Waals surface area contributed by atoms with Crippen LogP contribution in [0.5, 0.6) is 5.75 Å². The summed E-state index contributed by atoms with van der Waals surface area (Å²) < 4.78 is 35.7. The summed E-state index contributed by atoms with van der Waals surface area (Å²) in [7, 11) is -3.79. The Balaban J connectivity index is 1.33. The Labute approximate surface area is 211 Å². The van der Waals surface area contributed by atoms with Crippen molar-refractivity contribution in [1.29, 1.82) is 0 Å². The van der Waals surface area contributed by atoms with Crippen LogP contribution in [-0.4, -0.2) is 44.6 Å². The van der Waals surface area contributed by atoms with Crippen molar-refractivity contribution < 1.29 is 13.2 Å². The van der Waals surface area contributed by atoms with Gasteiger partial charge in [0.05, 0.1) is 12.1 Å². The number of nitrogens with zero attached hydrogens (tertiary/aromatic N) is 3. The van der Waals surface area contributed by atoms with E-state index in [1.165, 1.54) is 0 Å². The molecular weight excluding hydrogens is 474 g/mol. The van der Waals surface area contributed by atoms with Gasteiger partial charge in [-0.25, -0.2) is 23.1 Å². The van der Waals surface area contributed by atoms with Crippen molar-refractivity contribution in [1.82, 2.24) is 14.7 Å². The lowest BCUT2D eigenvalue weighted by atomic mass is 10.2. The zero-order valence-corrected chi connectivity index (χ0v) is 20.7. The third-order valence-electron chi connectivity index (χ3n) is 6.08. The van der Waals surface area contributed by atoms with Crippen LogP contribution in [0.25, 0.3) is 10.9 Å². The monoisotopic (exact) mass is 503 g/mol. The minimum Gasteiger partial charge on any atom is -0.491 e. The maximum absolute atomic E-state index is 13.5. The molecule has 4 aromatic rings. The van der Waals surface area contributed by atoms with Gasteiger partial charge in [-0.1, -0.05) is 42.5 Å². The first-order chi connectivity index (χ1) is 17.6. The van der Waals surface area contributed by atoms with Gasteiger partial charge in [0.2, 0.25) is 10.0 Å². The van der Waals surface area contributed by atoms with Crippen LogP contribution in [0.3, 0.4) is 0 Å². The molecule has 0 saturated heterocycles. The van der Waals surface area contributed by atoms with Crippen LogP contribution in [0.4, 0.5) is 11.6 Å². The van der Waals surface area contributed by atoms with Crippen molar-refractivity contribution in [3.8, 4) is 5.75 Å². The summed E-state index contributed by atoms with van der Waals surface area (Å²) in [5, 5.41) is 4.03. The van der Waals surface area contributed by atoms with E-state index in [4.69, 9.17) is 9.72 Å². The van der Waals surface area contributed by atoms with Gasteiger partial charge in [-0.15, -0.1) is 0 Å². The van der Waals surface area contributed by atoms with Crippen LogP contribution in [0, 0.1) is 0 Å². The van der Waals surface area contributed by atoms with Crippen molar-refractivity contribution in [3.63, 3.8) is 0 Å². The Morgan fingerprint density at radius 1 is 0.944 bits per heavy atom. The van der Waals surface area contributed by atoms with E-state index >= 15 is 0 Å². The highest BCUT2D eigenvalue weighted by molar-refractivity contribution is 7.89. The molecular formula is C27H29N5O3S. The molecule has 0 radical (unpaired) electrons. The van der Waals surface area contributed by atoms with Gasteiger partial charge in [-0.2, -0.15) is 0 Å². The van der Waals surface area contributed by atoms with Crippen LogP contribution < -0.4 is 19.7 Å². The highest BCUT2D eigenvalue weighted by Gasteiger charge is 2.26. The summed E-state index contributed by atoms with van der Waals surface area (Å²) in [6.07, 6.45) is 3.24. The van der Waals surface area contributed by atoms with Crippen molar-refractivity contribution in [2.45, 2.75) is 24.3 Å². The second-order valence-electron chi connectivity index (χ2n) is 8.63. The van der Waals surface area contributed by atoms with Crippen molar-refractivity contribution in [2.24, 2.45) is 0 Å². The van der Waals surface area contributed by atoms with Crippen molar-refractivity contribution in [2.75, 3.05) is 36.5 Å². The molecule has 2 N–H and O–H groups in total. The molecule has 0 amide bonds. The smallest absolute Gasteiger partial charge is 0.244 e. The predicted octanol–water partition coefficient (Wildman–Crippen LogP) is 4.20. The van der Waals surface area contributed by atoms with Gasteiger partial charge in [0.25, 0.3) is 0 Å². The van der Waals surface area contributed by atoms with Crippen molar-refractivity contribution in [3.05, 3.63) is 84.6 Å². The lowest BCUT2D eigenvalue weighted by Crippen LogP contribution is -2.31. The number of benzene rings is 2. The first-order valence-electron chi connectivity index (χ1n) is 12.1. The number of aromatic nitrogens is 2. The van der Waals surface area contributed by atoms with Gasteiger partial charge in [-0.05, 0) is 43.2 Å². The van der Waals surface area contributed by atoms with Crippen LogP contribution in [0.15, 0.2) is 83.9 Å². The number of sulfonamides is 1. The Morgan fingerprint density at radius 2 is 1.75 bits per heavy atom. The number of rotatable bonds is 9. The number of hydrogen-bond donors (Lipinski definition) is 2. The van der Waals surface area contributed by atoms with Gasteiger partial charge in [0, 0.05) is 36.8 Å². The third-order valence-corrected chi connectivity index (χ3v) is 7.54. The van der Waals surface area contributed by atoms with E-state index in [2.05, 4.69) is 15.0 Å². The van der Waals surface area contributed by atoms with Crippen LogP contribution in [-0.2, 0) is 16.6 Å². The number of nitrogens with one attached hydrogen (secondary N) is 2. The molecule has 5 rings (SSSR count). The zero-order valence-electron chi connectivity index (χ0n) is 19.9. The quantitative estimate of drug-likeness (QED) is 0.331. The molecule has 2 aromatic heterocycles. The minimum absolute atomic E-state index is 0.187. The van der Waals surface area contributed by atoms with Crippen LogP contribution >= 0.6 is 0 Å². The van der Waals surface area contributed by atoms with Gasteiger partial charge < -0.3 is 15.0 Å². The second kappa shape index (κ2) is 10.9. The topological polar surface area (TPSA) is 96.5 Å². The average molecular weight is 504 g/mol. The number of unbranched alkanes of at least 4 members (excludes halogenated alkanes) is 1. The number of ether oxygens (including phenoxy) is 1. The largest absolute Gasteiger partial charge is 0.491 e. The molecule has 0 unspecified atom stereocenters. The van der Waals surface area contributed by atoms with E-state index in [9.17, 15) is 8.42 Å². The summed E-state index contributed by atoms with van der Waals surface area (Å²) in [6.45, 7) is 2.55. The minimum atomic E-state index is -3.79. The number of fused-ring (bicyclic) bond motifs is 2. The fourth-order valence-corrected chi connectivity index (χ4v) is 5.50. The summed E-state index contributed by atoms with van der Waals surface area (Å²) in [5.74, 6) is 2.08. The first-order valence-corrected chi connectivity index (χ1v) is 13.6. The van der Waals surface area contributed by atoms with Crippen LogP contribution in [0.2, 0.25) is 0 Å². The number of pyridine rings is 2. The van der Waals surface area contributed by atoms with E-state index in [-0.39, 0.29) is 4.90 Å². The molecule has 1 aliphatic heterocycles.